The number of alkyl carbamates (subject to hydrolysis) is 1. The number of H-pyrrole nitrogens is 1. The van der Waals surface area contributed by atoms with Crippen LogP contribution in [-0.2, 0) is 4.74 Å². The van der Waals surface area contributed by atoms with E-state index in [0.29, 0.717) is 30.5 Å². The third kappa shape index (κ3) is 4.18. The third-order valence-electron chi connectivity index (χ3n) is 4.18. The van der Waals surface area contributed by atoms with Crippen LogP contribution in [0.3, 0.4) is 0 Å². The van der Waals surface area contributed by atoms with Crippen LogP contribution in [0.4, 0.5) is 4.79 Å². The first kappa shape index (κ1) is 18.7. The highest BCUT2D eigenvalue weighted by molar-refractivity contribution is 6.05. The van der Waals surface area contributed by atoms with E-state index in [1.165, 1.54) is 0 Å². The second-order valence-electron chi connectivity index (χ2n) is 7.53. The fraction of sp³-hybridized carbons (Fsp3) is 0.444. The predicted octanol–water partition coefficient (Wildman–Crippen LogP) is 1.40. The number of primary amides is 1. The molecule has 0 spiro atoms. The highest BCUT2D eigenvalue weighted by atomic mass is 16.6. The molecule has 9 nitrogen and oxygen atoms in total. The molecule has 1 aliphatic rings. The Labute approximate surface area is 156 Å². The molecule has 1 aromatic heterocycles. The molecular formula is C18H23N5O4. The van der Waals surface area contributed by atoms with Crippen molar-refractivity contribution in [1.82, 2.24) is 20.2 Å². The summed E-state index contributed by atoms with van der Waals surface area (Å²) in [6.07, 6.45) is 0.120. The summed E-state index contributed by atoms with van der Waals surface area (Å²) in [5.74, 6) is -0.763. The number of nitrogens with zero attached hydrogens (tertiary/aromatic N) is 2. The molecule has 27 heavy (non-hydrogen) atoms. The fourth-order valence-corrected chi connectivity index (χ4v) is 3.02. The van der Waals surface area contributed by atoms with E-state index in [1.54, 1.807) is 43.9 Å². The summed E-state index contributed by atoms with van der Waals surface area (Å²) >= 11 is 0. The van der Waals surface area contributed by atoms with Crippen molar-refractivity contribution in [3.8, 4) is 0 Å². The summed E-state index contributed by atoms with van der Waals surface area (Å²) < 4.78 is 5.24. The van der Waals surface area contributed by atoms with E-state index in [9.17, 15) is 14.4 Å². The number of carbonyl (C=O) groups is 3. The van der Waals surface area contributed by atoms with Gasteiger partial charge in [-0.25, -0.2) is 9.78 Å². The van der Waals surface area contributed by atoms with E-state index < -0.39 is 17.6 Å². The maximum atomic E-state index is 12.7. The highest BCUT2D eigenvalue weighted by Gasteiger charge is 2.30. The van der Waals surface area contributed by atoms with Crippen LogP contribution in [-0.4, -0.2) is 57.5 Å². The van der Waals surface area contributed by atoms with Crippen LogP contribution in [0.2, 0.25) is 0 Å². The SMILES string of the molecule is CC(C)(C)OC(=O)NC1CCN(C(=O)c2nc3c(C(N)=O)cccc3[nH]2)C1. The summed E-state index contributed by atoms with van der Waals surface area (Å²) in [4.78, 5) is 44.9. The van der Waals surface area contributed by atoms with Gasteiger partial charge in [-0.1, -0.05) is 6.07 Å². The topological polar surface area (TPSA) is 130 Å². The summed E-state index contributed by atoms with van der Waals surface area (Å²) in [6, 6.07) is 4.78. The molecule has 3 amide bonds. The van der Waals surface area contributed by atoms with Crippen molar-refractivity contribution in [3.63, 3.8) is 0 Å². The highest BCUT2D eigenvalue weighted by Crippen LogP contribution is 2.19. The normalized spacial score (nSPS) is 17.1. The molecule has 2 aromatic rings. The first-order chi connectivity index (χ1) is 12.6. The van der Waals surface area contributed by atoms with E-state index in [1.807, 2.05) is 0 Å². The number of hydrogen-bond donors (Lipinski definition) is 3. The molecule has 0 bridgehead atoms. The molecule has 0 radical (unpaired) electrons. The van der Waals surface area contributed by atoms with Crippen LogP contribution < -0.4 is 11.1 Å². The second kappa shape index (κ2) is 6.90. The Kier molecular flexibility index (Phi) is 4.77. The largest absolute Gasteiger partial charge is 0.444 e. The van der Waals surface area contributed by atoms with Gasteiger partial charge in [-0.2, -0.15) is 0 Å². The van der Waals surface area contributed by atoms with Gasteiger partial charge in [0.1, 0.15) is 11.1 Å². The average Bonchev–Trinajstić information content (AvgIpc) is 3.18. The van der Waals surface area contributed by atoms with Crippen LogP contribution >= 0.6 is 0 Å². The molecule has 2 heterocycles. The summed E-state index contributed by atoms with van der Waals surface area (Å²) in [5, 5.41) is 2.78. The molecular weight excluding hydrogens is 350 g/mol. The van der Waals surface area contributed by atoms with Crippen molar-refractivity contribution in [2.45, 2.75) is 38.8 Å². The Morgan fingerprint density at radius 2 is 2.07 bits per heavy atom. The van der Waals surface area contributed by atoms with Gasteiger partial charge in [0.15, 0.2) is 5.82 Å². The summed E-state index contributed by atoms with van der Waals surface area (Å²) in [6.45, 7) is 6.22. The van der Waals surface area contributed by atoms with Gasteiger partial charge in [0, 0.05) is 13.1 Å². The fourth-order valence-electron chi connectivity index (χ4n) is 3.02. The Morgan fingerprint density at radius 1 is 1.33 bits per heavy atom. The average molecular weight is 373 g/mol. The molecule has 4 N–H and O–H groups in total. The van der Waals surface area contributed by atoms with Gasteiger partial charge in [0.05, 0.1) is 17.1 Å². The summed E-state index contributed by atoms with van der Waals surface area (Å²) in [7, 11) is 0. The molecule has 1 fully saturated rings. The minimum absolute atomic E-state index is 0.136. The lowest BCUT2D eigenvalue weighted by molar-refractivity contribution is 0.0501. The van der Waals surface area contributed by atoms with Crippen molar-refractivity contribution in [3.05, 3.63) is 29.6 Å². The lowest BCUT2D eigenvalue weighted by Gasteiger charge is -2.21. The number of nitrogens with two attached hydrogens (primary N) is 1. The van der Waals surface area contributed by atoms with E-state index >= 15 is 0 Å². The van der Waals surface area contributed by atoms with Crippen molar-refractivity contribution in [2.24, 2.45) is 5.73 Å². The number of imidazole rings is 1. The minimum Gasteiger partial charge on any atom is -0.444 e. The monoisotopic (exact) mass is 373 g/mol. The molecule has 1 saturated heterocycles. The summed E-state index contributed by atoms with van der Waals surface area (Å²) in [5.41, 5.74) is 5.97. The van der Waals surface area contributed by atoms with Crippen molar-refractivity contribution >= 4 is 28.9 Å². The van der Waals surface area contributed by atoms with Gasteiger partial charge in [-0.05, 0) is 39.3 Å². The molecule has 9 heteroatoms. The number of rotatable bonds is 3. The van der Waals surface area contributed by atoms with Gasteiger partial charge in [0.2, 0.25) is 0 Å². The van der Waals surface area contributed by atoms with Gasteiger partial charge in [-0.3, -0.25) is 9.59 Å². The Hall–Kier alpha value is -3.10. The zero-order chi connectivity index (χ0) is 19.8. The van der Waals surface area contributed by atoms with Crippen LogP contribution in [0.25, 0.3) is 11.0 Å². The smallest absolute Gasteiger partial charge is 0.407 e. The molecule has 1 aromatic carbocycles. The number of para-hydroxylation sites is 1. The van der Waals surface area contributed by atoms with Crippen molar-refractivity contribution < 1.29 is 19.1 Å². The number of aromatic nitrogens is 2. The van der Waals surface area contributed by atoms with Crippen molar-refractivity contribution in [2.75, 3.05) is 13.1 Å². The zero-order valence-corrected chi connectivity index (χ0v) is 15.5. The van der Waals surface area contributed by atoms with E-state index in [2.05, 4.69) is 15.3 Å². The lowest BCUT2D eigenvalue weighted by Crippen LogP contribution is -2.41. The van der Waals surface area contributed by atoms with E-state index in [0.717, 1.165) is 0 Å². The van der Waals surface area contributed by atoms with E-state index in [4.69, 9.17) is 10.5 Å². The molecule has 1 atom stereocenters. The number of amides is 3. The lowest BCUT2D eigenvalue weighted by atomic mass is 10.2. The first-order valence-corrected chi connectivity index (χ1v) is 8.71. The number of likely N-dealkylation sites (tertiary alicyclic amines) is 1. The molecule has 144 valence electrons. The second-order valence-corrected chi connectivity index (χ2v) is 7.53. The van der Waals surface area contributed by atoms with Gasteiger partial charge < -0.3 is 25.7 Å². The molecule has 0 aliphatic carbocycles. The number of ether oxygens (including phenoxy) is 1. The maximum Gasteiger partial charge on any atom is 0.407 e. The van der Waals surface area contributed by atoms with Gasteiger partial charge in [0.25, 0.3) is 11.8 Å². The molecule has 1 aliphatic heterocycles. The Bertz CT molecular complexity index is 899. The molecule has 0 saturated carbocycles. The molecule has 1 unspecified atom stereocenters. The van der Waals surface area contributed by atoms with Crippen molar-refractivity contribution in [1.29, 1.82) is 0 Å². The van der Waals surface area contributed by atoms with Crippen LogP contribution in [0.5, 0.6) is 0 Å². The van der Waals surface area contributed by atoms with Gasteiger partial charge >= 0.3 is 6.09 Å². The number of nitrogens with one attached hydrogen (secondary N) is 2. The zero-order valence-electron chi connectivity index (χ0n) is 15.5. The number of fused-ring (bicyclic) bond motifs is 1. The minimum atomic E-state index is -0.603. The quantitative estimate of drug-likeness (QED) is 0.748. The van der Waals surface area contributed by atoms with Crippen LogP contribution in [0, 0.1) is 0 Å². The Morgan fingerprint density at radius 3 is 2.74 bits per heavy atom. The third-order valence-corrected chi connectivity index (χ3v) is 4.18. The number of aromatic amines is 1. The number of carbonyl (C=O) groups excluding carboxylic acids is 3. The van der Waals surface area contributed by atoms with Crippen LogP contribution in [0.1, 0.15) is 48.2 Å². The van der Waals surface area contributed by atoms with E-state index in [-0.39, 0.29) is 23.3 Å². The molecule has 3 rings (SSSR count). The Balaban J connectivity index is 1.69. The van der Waals surface area contributed by atoms with Gasteiger partial charge in [-0.15, -0.1) is 0 Å². The first-order valence-electron chi connectivity index (χ1n) is 8.71. The maximum absolute atomic E-state index is 12.7. The number of benzene rings is 1. The predicted molar refractivity (Wildman–Crippen MR) is 98.3 cm³/mol. The van der Waals surface area contributed by atoms with Crippen LogP contribution in [0.15, 0.2) is 18.2 Å². The standard InChI is InChI=1S/C18H23N5O4/c1-18(2,3)27-17(26)20-10-7-8-23(9-10)16(25)15-21-12-6-4-5-11(14(19)24)13(12)22-15/h4-6,10H,7-9H2,1-3H3,(H2,19,24)(H,20,26)(H,21,22). The number of hydrogen-bond acceptors (Lipinski definition) is 5.